The van der Waals surface area contributed by atoms with E-state index in [1.807, 2.05) is 6.92 Å². The van der Waals surface area contributed by atoms with Gasteiger partial charge in [-0.2, -0.15) is 0 Å². The number of carbonyl (C=O) groups excluding carboxylic acids is 3. The lowest BCUT2D eigenvalue weighted by Gasteiger charge is -2.06. The highest BCUT2D eigenvalue weighted by atomic mass is 32.1. The average Bonchev–Trinajstić information content (AvgIpc) is 2.90. The number of ether oxygens (including phenoxy) is 1. The van der Waals surface area contributed by atoms with Gasteiger partial charge in [0.1, 0.15) is 5.75 Å². The van der Waals surface area contributed by atoms with Gasteiger partial charge in [0, 0.05) is 20.1 Å². The Kier molecular flexibility index (Phi) is 4.62. The van der Waals surface area contributed by atoms with Crippen LogP contribution in [0.2, 0.25) is 0 Å². The predicted molar refractivity (Wildman–Crippen MR) is 81.0 cm³/mol. The van der Waals surface area contributed by atoms with Gasteiger partial charge in [0.05, 0.1) is 5.56 Å². The standard InChI is InChI=1S/C14H12N2O5S/c1-2-8-12(13(18)14(15)19)11-7(21-6-10(17)16-20)4-3-5-9(11)22-8/h3-5H,2,6H2,1H3,(H2,15,19). The van der Waals surface area contributed by atoms with Crippen molar-refractivity contribution in [2.45, 2.75) is 13.3 Å². The Morgan fingerprint density at radius 1 is 1.32 bits per heavy atom. The first kappa shape index (κ1) is 15.8. The number of nitroso groups, excluding NO2 is 1. The van der Waals surface area contributed by atoms with E-state index >= 15 is 0 Å². The molecule has 114 valence electrons. The molecule has 0 saturated heterocycles. The molecule has 0 saturated carbocycles. The minimum atomic E-state index is -1.06. The summed E-state index contributed by atoms with van der Waals surface area (Å²) in [6.45, 7) is 1.31. The Morgan fingerprint density at radius 3 is 2.64 bits per heavy atom. The van der Waals surface area contributed by atoms with Gasteiger partial charge in [-0.15, -0.1) is 16.2 Å². The maximum atomic E-state index is 12.1. The molecule has 0 aliphatic heterocycles. The fraction of sp³-hybridized carbons (Fsp3) is 0.214. The second kappa shape index (κ2) is 6.44. The van der Waals surface area contributed by atoms with Crippen LogP contribution in [0.5, 0.6) is 5.75 Å². The van der Waals surface area contributed by atoms with Gasteiger partial charge >= 0.3 is 5.91 Å². The Morgan fingerprint density at radius 2 is 2.05 bits per heavy atom. The molecule has 2 amide bonds. The summed E-state index contributed by atoms with van der Waals surface area (Å²) in [5.41, 5.74) is 5.29. The highest BCUT2D eigenvalue weighted by molar-refractivity contribution is 7.19. The molecule has 0 spiro atoms. The van der Waals surface area contributed by atoms with E-state index in [1.54, 1.807) is 18.2 Å². The number of nitrogens with zero attached hydrogens (tertiary/aromatic N) is 1. The molecule has 7 nitrogen and oxygen atoms in total. The minimum Gasteiger partial charge on any atom is -0.483 e. The molecule has 22 heavy (non-hydrogen) atoms. The summed E-state index contributed by atoms with van der Waals surface area (Å²) >= 11 is 1.35. The van der Waals surface area contributed by atoms with Crippen molar-refractivity contribution in [2.75, 3.05) is 6.61 Å². The second-order valence-corrected chi connectivity index (χ2v) is 5.49. The van der Waals surface area contributed by atoms with Gasteiger partial charge in [-0.25, -0.2) is 0 Å². The van der Waals surface area contributed by atoms with Crippen molar-refractivity contribution in [3.8, 4) is 5.75 Å². The molecule has 0 aliphatic rings. The largest absolute Gasteiger partial charge is 0.483 e. The summed E-state index contributed by atoms with van der Waals surface area (Å²) in [4.78, 5) is 45.1. The van der Waals surface area contributed by atoms with Crippen LogP contribution < -0.4 is 10.5 Å². The minimum absolute atomic E-state index is 0.192. The molecular formula is C14H12N2O5S. The number of aryl methyl sites for hydroxylation is 1. The van der Waals surface area contributed by atoms with Crippen molar-refractivity contribution in [3.05, 3.63) is 33.5 Å². The van der Waals surface area contributed by atoms with Crippen LogP contribution in [0, 0.1) is 4.91 Å². The molecule has 0 aliphatic carbocycles. The smallest absolute Gasteiger partial charge is 0.323 e. The van der Waals surface area contributed by atoms with E-state index in [9.17, 15) is 19.3 Å². The van der Waals surface area contributed by atoms with Crippen molar-refractivity contribution in [3.63, 3.8) is 0 Å². The highest BCUT2D eigenvalue weighted by Crippen LogP contribution is 2.38. The summed E-state index contributed by atoms with van der Waals surface area (Å²) in [5.74, 6) is -2.60. The number of Topliss-reactive ketones (excluding diaryl/α,β-unsaturated/α-hetero) is 1. The number of hydrogen-bond donors (Lipinski definition) is 1. The van der Waals surface area contributed by atoms with Crippen LogP contribution >= 0.6 is 11.3 Å². The summed E-state index contributed by atoms with van der Waals surface area (Å²) in [6, 6.07) is 5.00. The summed E-state index contributed by atoms with van der Waals surface area (Å²) < 4.78 is 5.99. The maximum Gasteiger partial charge on any atom is 0.323 e. The topological polar surface area (TPSA) is 116 Å². The first-order chi connectivity index (χ1) is 10.5. The van der Waals surface area contributed by atoms with Crippen molar-refractivity contribution in [1.82, 2.24) is 0 Å². The van der Waals surface area contributed by atoms with Gasteiger partial charge in [-0.05, 0) is 18.6 Å². The van der Waals surface area contributed by atoms with E-state index < -0.39 is 24.2 Å². The van der Waals surface area contributed by atoms with E-state index in [0.29, 0.717) is 16.7 Å². The fourth-order valence-electron chi connectivity index (χ4n) is 2.06. The van der Waals surface area contributed by atoms with Crippen LogP contribution in [0.1, 0.15) is 22.2 Å². The van der Waals surface area contributed by atoms with Crippen molar-refractivity contribution in [2.24, 2.45) is 10.9 Å². The SMILES string of the molecule is CCc1sc2cccc(OCC(=O)N=O)c2c1C(=O)C(N)=O. The number of ketones is 1. The van der Waals surface area contributed by atoms with E-state index in [4.69, 9.17) is 10.5 Å². The first-order valence-corrected chi connectivity index (χ1v) is 7.18. The third kappa shape index (κ3) is 2.86. The Balaban J connectivity index is 2.60. The van der Waals surface area contributed by atoms with Crippen LogP contribution in [-0.4, -0.2) is 24.2 Å². The second-order valence-electron chi connectivity index (χ2n) is 4.35. The molecule has 2 aromatic rings. The molecule has 0 bridgehead atoms. The number of hydrogen-bond acceptors (Lipinski definition) is 6. The zero-order valence-electron chi connectivity index (χ0n) is 11.6. The van der Waals surface area contributed by atoms with Crippen LogP contribution in [-0.2, 0) is 16.0 Å². The van der Waals surface area contributed by atoms with Crippen molar-refractivity contribution in [1.29, 1.82) is 0 Å². The number of benzene rings is 1. The molecule has 0 atom stereocenters. The first-order valence-electron chi connectivity index (χ1n) is 6.37. The molecule has 0 fully saturated rings. The quantitative estimate of drug-likeness (QED) is 0.495. The maximum absolute atomic E-state index is 12.1. The van der Waals surface area contributed by atoms with E-state index in [2.05, 4.69) is 5.18 Å². The van der Waals surface area contributed by atoms with Crippen LogP contribution in [0.3, 0.4) is 0 Å². The molecule has 1 aromatic carbocycles. The molecule has 2 rings (SSSR count). The summed E-state index contributed by atoms with van der Waals surface area (Å²) in [6.07, 6.45) is 0.544. The number of primary amides is 1. The van der Waals surface area contributed by atoms with E-state index in [-0.39, 0.29) is 11.3 Å². The number of thiophene rings is 1. The van der Waals surface area contributed by atoms with Gasteiger partial charge in [0.25, 0.3) is 11.7 Å². The lowest BCUT2D eigenvalue weighted by molar-refractivity contribution is -0.119. The van der Waals surface area contributed by atoms with Gasteiger partial charge in [0.15, 0.2) is 6.61 Å². The third-order valence-corrected chi connectivity index (χ3v) is 4.27. The number of nitrogens with two attached hydrogens (primary N) is 1. The van der Waals surface area contributed by atoms with E-state index in [0.717, 1.165) is 4.70 Å². The average molecular weight is 320 g/mol. The molecule has 2 N–H and O–H groups in total. The fourth-order valence-corrected chi connectivity index (χ4v) is 3.22. The third-order valence-electron chi connectivity index (χ3n) is 2.97. The molecule has 0 unspecified atom stereocenters. The lowest BCUT2D eigenvalue weighted by atomic mass is 10.0. The molecule has 1 aromatic heterocycles. The van der Waals surface area contributed by atoms with E-state index in [1.165, 1.54) is 11.3 Å². The van der Waals surface area contributed by atoms with Gasteiger partial charge in [0.2, 0.25) is 0 Å². The van der Waals surface area contributed by atoms with Gasteiger partial charge in [-0.1, -0.05) is 13.0 Å². The van der Waals surface area contributed by atoms with Crippen LogP contribution in [0.15, 0.2) is 23.4 Å². The van der Waals surface area contributed by atoms with Crippen LogP contribution in [0.25, 0.3) is 10.1 Å². The predicted octanol–water partition coefficient (Wildman–Crippen LogP) is 1.80. The Bertz CT molecular complexity index is 781. The molecule has 1 heterocycles. The molecule has 8 heteroatoms. The lowest BCUT2D eigenvalue weighted by Crippen LogP contribution is -2.23. The zero-order valence-corrected chi connectivity index (χ0v) is 12.4. The number of amides is 2. The summed E-state index contributed by atoms with van der Waals surface area (Å²) in [7, 11) is 0. The monoisotopic (exact) mass is 320 g/mol. The molecule has 0 radical (unpaired) electrons. The highest BCUT2D eigenvalue weighted by Gasteiger charge is 2.24. The van der Waals surface area contributed by atoms with Gasteiger partial charge in [-0.3, -0.25) is 14.4 Å². The normalized spacial score (nSPS) is 10.4. The zero-order chi connectivity index (χ0) is 16.3. The summed E-state index contributed by atoms with van der Waals surface area (Å²) in [5, 5.41) is 2.66. The Labute approximate surface area is 129 Å². The Hall–Kier alpha value is -2.61. The van der Waals surface area contributed by atoms with Gasteiger partial charge < -0.3 is 10.5 Å². The van der Waals surface area contributed by atoms with Crippen molar-refractivity contribution < 1.29 is 19.1 Å². The van der Waals surface area contributed by atoms with Crippen molar-refractivity contribution >= 4 is 39.0 Å². The number of rotatable bonds is 6. The number of fused-ring (bicyclic) bond motifs is 1. The number of carbonyl (C=O) groups is 3. The van der Waals surface area contributed by atoms with Crippen LogP contribution in [0.4, 0.5) is 0 Å². The molecular weight excluding hydrogens is 308 g/mol.